The van der Waals surface area contributed by atoms with Gasteiger partial charge in [-0.25, -0.2) is 4.79 Å². The lowest BCUT2D eigenvalue weighted by molar-refractivity contribution is -0.123. The van der Waals surface area contributed by atoms with Crippen LogP contribution < -0.4 is 21.3 Å². The summed E-state index contributed by atoms with van der Waals surface area (Å²) in [5.74, 6) is 0.159. The van der Waals surface area contributed by atoms with E-state index >= 15 is 0 Å². The van der Waals surface area contributed by atoms with E-state index in [0.717, 1.165) is 5.56 Å². The van der Waals surface area contributed by atoms with Crippen LogP contribution in [-0.2, 0) is 11.3 Å². The molecular weight excluding hydrogens is 340 g/mol. The van der Waals surface area contributed by atoms with Crippen molar-refractivity contribution in [2.75, 3.05) is 20.1 Å². The number of nitrogens with one attached hydrogen (secondary N) is 4. The number of hydrogen-bond acceptors (Lipinski definition) is 3. The lowest BCUT2D eigenvalue weighted by Gasteiger charge is -2.20. The van der Waals surface area contributed by atoms with Gasteiger partial charge in [0.05, 0.1) is 0 Å². The van der Waals surface area contributed by atoms with E-state index in [1.165, 1.54) is 5.56 Å². The number of carbonyl (C=O) groups excluding carboxylic acids is 2. The summed E-state index contributed by atoms with van der Waals surface area (Å²) < 4.78 is 0. The number of likely N-dealkylation sites (N-methyl/N-ethyl adjacent to an activating group) is 1. The summed E-state index contributed by atoms with van der Waals surface area (Å²) >= 11 is 0. The number of carbonyl (C=O) groups is 2. The molecule has 0 aliphatic rings. The maximum atomic E-state index is 12.2. The molecule has 4 N–H and O–H groups in total. The molecule has 0 saturated heterocycles. The van der Waals surface area contributed by atoms with Crippen LogP contribution in [0.2, 0.25) is 0 Å². The fourth-order valence-corrected chi connectivity index (χ4v) is 2.23. The maximum Gasteiger partial charge on any atom is 0.315 e. The third-order valence-electron chi connectivity index (χ3n) is 3.58. The predicted octanol–water partition coefficient (Wildman–Crippen LogP) is 1.97. The van der Waals surface area contributed by atoms with Crippen molar-refractivity contribution < 1.29 is 9.59 Å². The zero-order chi connectivity index (χ0) is 17.9. The molecule has 0 bridgehead atoms. The van der Waals surface area contributed by atoms with Gasteiger partial charge in [-0.2, -0.15) is 0 Å². The molecule has 25 heavy (non-hydrogen) atoms. The van der Waals surface area contributed by atoms with Crippen molar-refractivity contribution in [3.05, 3.63) is 35.4 Å². The van der Waals surface area contributed by atoms with E-state index in [4.69, 9.17) is 0 Å². The van der Waals surface area contributed by atoms with Crippen molar-refractivity contribution in [2.24, 2.45) is 5.92 Å². The maximum absolute atomic E-state index is 12.2. The highest BCUT2D eigenvalue weighted by atomic mass is 35.5. The fraction of sp³-hybridized carbons (Fsp3) is 0.556. The average Bonchev–Trinajstić information content (AvgIpc) is 2.53. The molecule has 0 aromatic heterocycles. The van der Waals surface area contributed by atoms with Crippen LogP contribution in [0.15, 0.2) is 24.3 Å². The summed E-state index contributed by atoms with van der Waals surface area (Å²) in [7, 11) is 1.83. The average molecular weight is 371 g/mol. The van der Waals surface area contributed by atoms with E-state index in [0.29, 0.717) is 32.0 Å². The molecule has 6 nitrogen and oxygen atoms in total. The van der Waals surface area contributed by atoms with Gasteiger partial charge in [-0.3, -0.25) is 4.79 Å². The van der Waals surface area contributed by atoms with Crippen LogP contribution in [0.5, 0.6) is 0 Å². The highest BCUT2D eigenvalue weighted by Gasteiger charge is 2.21. The summed E-state index contributed by atoms with van der Waals surface area (Å²) in [5.41, 5.74) is 2.20. The van der Waals surface area contributed by atoms with Crippen LogP contribution in [0.4, 0.5) is 4.79 Å². The van der Waals surface area contributed by atoms with Gasteiger partial charge in [-0.15, -0.1) is 12.4 Å². The SMILES string of the molecule is CNCCNC(=O)C(CC(C)C)NC(=O)NCc1ccc(C)cc1.Cl. The third-order valence-corrected chi connectivity index (χ3v) is 3.58. The van der Waals surface area contributed by atoms with Gasteiger partial charge in [0.25, 0.3) is 0 Å². The first-order valence-corrected chi connectivity index (χ1v) is 8.44. The summed E-state index contributed by atoms with van der Waals surface area (Å²) in [6.45, 7) is 7.74. The quantitative estimate of drug-likeness (QED) is 0.501. The number of rotatable bonds is 9. The first-order valence-electron chi connectivity index (χ1n) is 8.44. The largest absolute Gasteiger partial charge is 0.353 e. The van der Waals surface area contributed by atoms with E-state index in [1.54, 1.807) is 0 Å². The molecule has 0 fully saturated rings. The highest BCUT2D eigenvalue weighted by molar-refractivity contribution is 5.87. The Kier molecular flexibility index (Phi) is 11.7. The standard InChI is InChI=1S/C18H30N4O2.ClH/c1-13(2)11-16(17(23)20-10-9-19-4)22-18(24)21-12-15-7-5-14(3)6-8-15;/h5-8,13,16,19H,9-12H2,1-4H3,(H,20,23)(H2,21,22,24);1H. The van der Waals surface area contributed by atoms with E-state index in [-0.39, 0.29) is 24.3 Å². The van der Waals surface area contributed by atoms with Crippen molar-refractivity contribution in [1.29, 1.82) is 0 Å². The van der Waals surface area contributed by atoms with Crippen molar-refractivity contribution >= 4 is 24.3 Å². The third kappa shape index (κ3) is 9.94. The zero-order valence-electron chi connectivity index (χ0n) is 15.5. The normalized spacial score (nSPS) is 11.4. The lowest BCUT2D eigenvalue weighted by Crippen LogP contribution is -2.51. The van der Waals surface area contributed by atoms with Crippen LogP contribution in [0, 0.1) is 12.8 Å². The molecule has 1 rings (SSSR count). The smallest absolute Gasteiger partial charge is 0.315 e. The predicted molar refractivity (Wildman–Crippen MR) is 104 cm³/mol. The van der Waals surface area contributed by atoms with Gasteiger partial charge >= 0.3 is 6.03 Å². The molecule has 1 aromatic carbocycles. The van der Waals surface area contributed by atoms with Crippen LogP contribution >= 0.6 is 12.4 Å². The Hall–Kier alpha value is -1.79. The number of urea groups is 1. The van der Waals surface area contributed by atoms with Gasteiger partial charge in [0, 0.05) is 19.6 Å². The molecule has 142 valence electrons. The Morgan fingerprint density at radius 3 is 2.24 bits per heavy atom. The second-order valence-electron chi connectivity index (χ2n) is 6.39. The lowest BCUT2D eigenvalue weighted by atomic mass is 10.0. The molecule has 0 saturated carbocycles. The van der Waals surface area contributed by atoms with Gasteiger partial charge in [0.2, 0.25) is 5.91 Å². The molecule has 0 radical (unpaired) electrons. The van der Waals surface area contributed by atoms with E-state index < -0.39 is 6.04 Å². The minimum Gasteiger partial charge on any atom is -0.353 e. The Bertz CT molecular complexity index is 520. The number of hydrogen-bond donors (Lipinski definition) is 4. The Labute approximate surface area is 156 Å². The van der Waals surface area contributed by atoms with Crippen LogP contribution in [0.3, 0.4) is 0 Å². The summed E-state index contributed by atoms with van der Waals surface area (Å²) in [6, 6.07) is 7.11. The molecule has 3 amide bonds. The second kappa shape index (κ2) is 12.6. The van der Waals surface area contributed by atoms with Crippen LogP contribution in [0.1, 0.15) is 31.4 Å². The molecule has 7 heteroatoms. The minimum atomic E-state index is -0.528. The van der Waals surface area contributed by atoms with Gasteiger partial charge in [0.15, 0.2) is 0 Å². The van der Waals surface area contributed by atoms with Gasteiger partial charge in [-0.05, 0) is 31.9 Å². The zero-order valence-corrected chi connectivity index (χ0v) is 16.3. The summed E-state index contributed by atoms with van der Waals surface area (Å²) in [5, 5.41) is 11.4. The Morgan fingerprint density at radius 1 is 1.04 bits per heavy atom. The number of aryl methyl sites for hydroxylation is 1. The second-order valence-corrected chi connectivity index (χ2v) is 6.39. The minimum absolute atomic E-state index is 0. The van der Waals surface area contributed by atoms with Crippen molar-refractivity contribution in [3.8, 4) is 0 Å². The summed E-state index contributed by atoms with van der Waals surface area (Å²) in [6.07, 6.45) is 0.601. The van der Waals surface area contributed by atoms with Gasteiger partial charge in [0.1, 0.15) is 6.04 Å². The number of amides is 3. The molecule has 1 aromatic rings. The molecule has 1 unspecified atom stereocenters. The first kappa shape index (κ1) is 23.2. The summed E-state index contributed by atoms with van der Waals surface area (Å²) in [4.78, 5) is 24.3. The van der Waals surface area contributed by atoms with E-state index in [1.807, 2.05) is 52.1 Å². The Balaban J connectivity index is 0.00000576. The highest BCUT2D eigenvalue weighted by Crippen LogP contribution is 2.05. The van der Waals surface area contributed by atoms with Crippen LogP contribution in [-0.4, -0.2) is 38.1 Å². The van der Waals surface area contributed by atoms with Crippen molar-refractivity contribution in [1.82, 2.24) is 21.3 Å². The molecule has 0 spiro atoms. The van der Waals surface area contributed by atoms with Crippen molar-refractivity contribution in [2.45, 2.75) is 39.8 Å². The monoisotopic (exact) mass is 370 g/mol. The number of halogens is 1. The van der Waals surface area contributed by atoms with Crippen molar-refractivity contribution in [3.63, 3.8) is 0 Å². The first-order chi connectivity index (χ1) is 11.4. The Morgan fingerprint density at radius 2 is 1.68 bits per heavy atom. The van der Waals surface area contributed by atoms with E-state index in [9.17, 15) is 9.59 Å². The molecule has 0 heterocycles. The fourth-order valence-electron chi connectivity index (χ4n) is 2.23. The van der Waals surface area contributed by atoms with Crippen LogP contribution in [0.25, 0.3) is 0 Å². The molecular formula is C18H31ClN4O2. The van der Waals surface area contributed by atoms with Gasteiger partial charge in [-0.1, -0.05) is 43.7 Å². The number of benzene rings is 1. The topological polar surface area (TPSA) is 82.3 Å². The molecule has 1 atom stereocenters. The van der Waals surface area contributed by atoms with E-state index in [2.05, 4.69) is 21.3 Å². The molecule has 0 aliphatic heterocycles. The van der Waals surface area contributed by atoms with Gasteiger partial charge < -0.3 is 21.3 Å². The molecule has 0 aliphatic carbocycles.